The average Bonchev–Trinajstić information content (AvgIpc) is 2.65. The Hall–Kier alpha value is -2.98. The quantitative estimate of drug-likeness (QED) is 0.266. The van der Waals surface area contributed by atoms with Crippen LogP contribution in [0.5, 0.6) is 0 Å². The molecule has 1 aromatic carbocycles. The van der Waals surface area contributed by atoms with Gasteiger partial charge in [0.15, 0.2) is 0 Å². The van der Waals surface area contributed by atoms with Crippen LogP contribution in [0, 0.1) is 0 Å². The SMILES string of the molecule is CC(NC(=O)CN)C(=O)NC(CO)C(=O)NC(Cc1ccccc1)C(=O)O. The van der Waals surface area contributed by atoms with E-state index < -0.39 is 48.4 Å². The Morgan fingerprint density at radius 2 is 1.59 bits per heavy atom. The Labute approximate surface area is 156 Å². The van der Waals surface area contributed by atoms with Crippen LogP contribution < -0.4 is 21.7 Å². The molecule has 0 saturated heterocycles. The van der Waals surface area contributed by atoms with E-state index in [0.29, 0.717) is 5.56 Å². The van der Waals surface area contributed by atoms with Crippen molar-refractivity contribution in [2.24, 2.45) is 5.73 Å². The molecule has 3 unspecified atom stereocenters. The summed E-state index contributed by atoms with van der Waals surface area (Å²) in [5, 5.41) is 25.5. The first-order valence-corrected chi connectivity index (χ1v) is 8.26. The first kappa shape index (κ1) is 22.1. The molecule has 1 aromatic rings. The minimum absolute atomic E-state index is 0.0387. The van der Waals surface area contributed by atoms with Crippen molar-refractivity contribution < 1.29 is 29.4 Å². The van der Waals surface area contributed by atoms with Gasteiger partial charge in [0.05, 0.1) is 13.2 Å². The molecule has 0 aliphatic rings. The summed E-state index contributed by atoms with van der Waals surface area (Å²) in [6, 6.07) is 5.10. The predicted molar refractivity (Wildman–Crippen MR) is 95.4 cm³/mol. The topological polar surface area (TPSA) is 171 Å². The highest BCUT2D eigenvalue weighted by Gasteiger charge is 2.27. The fourth-order valence-electron chi connectivity index (χ4n) is 2.18. The van der Waals surface area contributed by atoms with E-state index >= 15 is 0 Å². The van der Waals surface area contributed by atoms with Crippen molar-refractivity contribution >= 4 is 23.7 Å². The lowest BCUT2D eigenvalue weighted by molar-refractivity contribution is -0.142. The number of carbonyl (C=O) groups excluding carboxylic acids is 3. The molecule has 0 aromatic heterocycles. The fraction of sp³-hybridized carbons (Fsp3) is 0.412. The summed E-state index contributed by atoms with van der Waals surface area (Å²) in [6.45, 7) is 0.332. The molecule has 0 radical (unpaired) electrons. The number of nitrogens with two attached hydrogens (primary N) is 1. The maximum atomic E-state index is 12.3. The van der Waals surface area contributed by atoms with Crippen LogP contribution in [0.3, 0.4) is 0 Å². The van der Waals surface area contributed by atoms with E-state index in [0.717, 1.165) is 0 Å². The molecule has 0 aliphatic carbocycles. The van der Waals surface area contributed by atoms with Crippen molar-refractivity contribution in [3.8, 4) is 0 Å². The highest BCUT2D eigenvalue weighted by atomic mass is 16.4. The molecule has 148 valence electrons. The summed E-state index contributed by atoms with van der Waals surface area (Å²) in [7, 11) is 0. The number of aliphatic carboxylic acids is 1. The minimum atomic E-state index is -1.37. The third kappa shape index (κ3) is 7.42. The molecule has 10 nitrogen and oxygen atoms in total. The number of hydrogen-bond donors (Lipinski definition) is 6. The lowest BCUT2D eigenvalue weighted by Crippen LogP contribution is -2.57. The summed E-state index contributed by atoms with van der Waals surface area (Å²) in [5.41, 5.74) is 5.84. The number of benzene rings is 1. The zero-order chi connectivity index (χ0) is 20.4. The molecule has 0 aliphatic heterocycles. The van der Waals surface area contributed by atoms with Crippen molar-refractivity contribution in [1.82, 2.24) is 16.0 Å². The molecule has 27 heavy (non-hydrogen) atoms. The Balaban J connectivity index is 2.70. The van der Waals surface area contributed by atoms with Gasteiger partial charge in [0, 0.05) is 6.42 Å². The van der Waals surface area contributed by atoms with Gasteiger partial charge in [-0.25, -0.2) is 4.79 Å². The van der Waals surface area contributed by atoms with Crippen LogP contribution in [-0.4, -0.2) is 65.2 Å². The molecular weight excluding hydrogens is 356 g/mol. The highest BCUT2D eigenvalue weighted by molar-refractivity contribution is 5.93. The maximum Gasteiger partial charge on any atom is 0.326 e. The van der Waals surface area contributed by atoms with E-state index in [-0.39, 0.29) is 13.0 Å². The Morgan fingerprint density at radius 1 is 1.00 bits per heavy atom. The second kappa shape index (κ2) is 10.9. The number of carbonyl (C=O) groups is 4. The molecule has 0 saturated carbocycles. The second-order valence-electron chi connectivity index (χ2n) is 5.83. The summed E-state index contributed by atoms with van der Waals surface area (Å²) >= 11 is 0. The summed E-state index contributed by atoms with van der Waals surface area (Å²) < 4.78 is 0. The number of carboxylic acids is 1. The number of rotatable bonds is 10. The number of aliphatic hydroxyl groups is 1. The Morgan fingerprint density at radius 3 is 2.11 bits per heavy atom. The molecule has 0 spiro atoms. The third-order valence-electron chi connectivity index (χ3n) is 3.67. The van der Waals surface area contributed by atoms with E-state index in [1.165, 1.54) is 6.92 Å². The Bertz CT molecular complexity index is 667. The standard InChI is InChI=1S/C17H24N4O6/c1-10(19-14(23)8-18)15(24)21-13(9-22)16(25)20-12(17(26)27)7-11-5-3-2-4-6-11/h2-6,10,12-13,22H,7-9,18H2,1H3,(H,19,23)(H,20,25)(H,21,24)(H,26,27). The van der Waals surface area contributed by atoms with E-state index in [9.17, 15) is 29.4 Å². The molecule has 10 heteroatoms. The third-order valence-corrected chi connectivity index (χ3v) is 3.67. The largest absolute Gasteiger partial charge is 0.480 e. The number of amides is 3. The second-order valence-corrected chi connectivity index (χ2v) is 5.83. The normalized spacial score (nSPS) is 13.7. The van der Waals surface area contributed by atoms with Crippen molar-refractivity contribution in [3.05, 3.63) is 35.9 Å². The van der Waals surface area contributed by atoms with Gasteiger partial charge in [-0.1, -0.05) is 30.3 Å². The van der Waals surface area contributed by atoms with Gasteiger partial charge in [-0.3, -0.25) is 14.4 Å². The van der Waals surface area contributed by atoms with E-state index in [4.69, 9.17) is 5.73 Å². The summed E-state index contributed by atoms with van der Waals surface area (Å²) in [4.78, 5) is 46.9. The van der Waals surface area contributed by atoms with Gasteiger partial charge in [0.1, 0.15) is 18.1 Å². The van der Waals surface area contributed by atoms with Crippen LogP contribution in [0.15, 0.2) is 30.3 Å². The van der Waals surface area contributed by atoms with Gasteiger partial charge in [-0.2, -0.15) is 0 Å². The first-order valence-electron chi connectivity index (χ1n) is 8.26. The van der Waals surface area contributed by atoms with Crippen molar-refractivity contribution in [2.45, 2.75) is 31.5 Å². The van der Waals surface area contributed by atoms with E-state index in [1.54, 1.807) is 30.3 Å². The van der Waals surface area contributed by atoms with Crippen molar-refractivity contribution in [1.29, 1.82) is 0 Å². The van der Waals surface area contributed by atoms with Gasteiger partial charge < -0.3 is 31.9 Å². The Kier molecular flexibility index (Phi) is 8.90. The van der Waals surface area contributed by atoms with Gasteiger partial charge >= 0.3 is 5.97 Å². The van der Waals surface area contributed by atoms with Gasteiger partial charge in [-0.15, -0.1) is 0 Å². The van der Waals surface area contributed by atoms with Crippen LogP contribution in [0.2, 0.25) is 0 Å². The lowest BCUT2D eigenvalue weighted by atomic mass is 10.1. The molecule has 3 atom stereocenters. The average molecular weight is 380 g/mol. The van der Waals surface area contributed by atoms with Crippen LogP contribution in [0.1, 0.15) is 12.5 Å². The molecule has 0 fully saturated rings. The molecule has 0 heterocycles. The molecular formula is C17H24N4O6. The number of carboxylic acid groups (broad SMARTS) is 1. The summed E-state index contributed by atoms with van der Waals surface area (Å²) in [5.74, 6) is -3.39. The van der Waals surface area contributed by atoms with E-state index in [1.807, 2.05) is 0 Å². The first-order chi connectivity index (χ1) is 12.8. The van der Waals surface area contributed by atoms with Gasteiger partial charge in [-0.05, 0) is 12.5 Å². The minimum Gasteiger partial charge on any atom is -0.480 e. The molecule has 7 N–H and O–H groups in total. The van der Waals surface area contributed by atoms with Crippen LogP contribution in [-0.2, 0) is 25.6 Å². The van der Waals surface area contributed by atoms with Crippen molar-refractivity contribution in [2.75, 3.05) is 13.2 Å². The number of aliphatic hydroxyl groups excluding tert-OH is 1. The van der Waals surface area contributed by atoms with Crippen LogP contribution in [0.25, 0.3) is 0 Å². The summed E-state index contributed by atoms with van der Waals surface area (Å²) in [6.07, 6.45) is 0.0387. The molecule has 0 bridgehead atoms. The van der Waals surface area contributed by atoms with Crippen LogP contribution >= 0.6 is 0 Å². The molecule has 1 rings (SSSR count). The van der Waals surface area contributed by atoms with Gasteiger partial charge in [0.25, 0.3) is 0 Å². The zero-order valence-electron chi connectivity index (χ0n) is 14.8. The number of hydrogen-bond acceptors (Lipinski definition) is 6. The lowest BCUT2D eigenvalue weighted by Gasteiger charge is -2.22. The maximum absolute atomic E-state index is 12.3. The molecule has 3 amide bonds. The smallest absolute Gasteiger partial charge is 0.326 e. The fourth-order valence-corrected chi connectivity index (χ4v) is 2.18. The highest BCUT2D eigenvalue weighted by Crippen LogP contribution is 2.04. The van der Waals surface area contributed by atoms with Crippen LogP contribution in [0.4, 0.5) is 0 Å². The van der Waals surface area contributed by atoms with E-state index in [2.05, 4.69) is 16.0 Å². The number of nitrogens with one attached hydrogen (secondary N) is 3. The zero-order valence-corrected chi connectivity index (χ0v) is 14.8. The van der Waals surface area contributed by atoms with Crippen molar-refractivity contribution in [3.63, 3.8) is 0 Å². The van der Waals surface area contributed by atoms with Gasteiger partial charge in [0.2, 0.25) is 17.7 Å². The predicted octanol–water partition coefficient (Wildman–Crippen LogP) is -2.26. The monoisotopic (exact) mass is 380 g/mol.